The molecule has 0 unspecified atom stereocenters. The molecule has 1 saturated carbocycles. The number of carbonyl (C=O) groups is 1. The van der Waals surface area contributed by atoms with Crippen molar-refractivity contribution in [2.75, 3.05) is 0 Å². The molecule has 0 spiro atoms. The third kappa shape index (κ3) is 2.40. The predicted octanol–water partition coefficient (Wildman–Crippen LogP) is 1.66. The summed E-state index contributed by atoms with van der Waals surface area (Å²) in [7, 11) is 0. The summed E-state index contributed by atoms with van der Waals surface area (Å²) in [6.45, 7) is 0. The third-order valence-corrected chi connectivity index (χ3v) is 1.73. The van der Waals surface area contributed by atoms with Crippen LogP contribution in [0.3, 0.4) is 0 Å². The van der Waals surface area contributed by atoms with Crippen LogP contribution in [0, 0.1) is 11.8 Å². The molecule has 1 fully saturated rings. The Hall–Kier alpha value is -0.740. The van der Waals surface area contributed by atoms with E-state index in [1.165, 1.54) is 0 Å². The van der Waals surface area contributed by atoms with E-state index in [4.69, 9.17) is 5.11 Å². The lowest BCUT2D eigenvalue weighted by atomic mass is 10.2. The van der Waals surface area contributed by atoms with Gasteiger partial charge in [-0.3, -0.25) is 4.79 Å². The van der Waals surface area contributed by atoms with Crippen molar-refractivity contribution < 1.29 is 23.1 Å². The molecule has 11 heavy (non-hydrogen) atoms. The highest BCUT2D eigenvalue weighted by Crippen LogP contribution is 2.45. The molecule has 0 aromatic rings. The molecular formula is C6H7F3O2. The van der Waals surface area contributed by atoms with E-state index in [0.717, 1.165) is 0 Å². The summed E-state index contributed by atoms with van der Waals surface area (Å²) in [6.07, 6.45) is -4.99. The lowest BCUT2D eigenvalue weighted by Crippen LogP contribution is -2.10. The van der Waals surface area contributed by atoms with E-state index in [1.54, 1.807) is 0 Å². The summed E-state index contributed by atoms with van der Waals surface area (Å²) in [5, 5.41) is 8.25. The van der Waals surface area contributed by atoms with Gasteiger partial charge in [0.25, 0.3) is 0 Å². The lowest BCUT2D eigenvalue weighted by molar-refractivity contribution is -0.144. The molecule has 0 heterocycles. The Morgan fingerprint density at radius 3 is 2.36 bits per heavy atom. The van der Waals surface area contributed by atoms with Crippen LogP contribution in [0.5, 0.6) is 0 Å². The van der Waals surface area contributed by atoms with Crippen molar-refractivity contribution in [1.82, 2.24) is 0 Å². The summed E-state index contributed by atoms with van der Waals surface area (Å²) in [5.74, 6) is -2.54. The minimum absolute atomic E-state index is 0.175. The number of carboxylic acids is 1. The van der Waals surface area contributed by atoms with Crippen molar-refractivity contribution in [3.8, 4) is 0 Å². The maximum atomic E-state index is 11.6. The molecule has 2 atom stereocenters. The fourth-order valence-electron chi connectivity index (χ4n) is 1.07. The second kappa shape index (κ2) is 2.39. The summed E-state index contributed by atoms with van der Waals surface area (Å²) in [6, 6.07) is 0. The van der Waals surface area contributed by atoms with Crippen LogP contribution in [-0.4, -0.2) is 17.3 Å². The summed E-state index contributed by atoms with van der Waals surface area (Å²) in [4.78, 5) is 10.1. The Morgan fingerprint density at radius 2 is 2.09 bits per heavy atom. The standard InChI is InChI=1S/C6H7F3O2/c7-6(8,9)2-3-1-4(3)5(10)11/h3-4H,1-2H2,(H,10,11)/t3-,4+/m0/s1. The minimum Gasteiger partial charge on any atom is -0.481 e. The molecule has 1 N–H and O–H groups in total. The highest BCUT2D eigenvalue weighted by Gasteiger charge is 2.48. The SMILES string of the molecule is O=C(O)[C@@H]1C[C@H]1CC(F)(F)F. The van der Waals surface area contributed by atoms with E-state index >= 15 is 0 Å². The minimum atomic E-state index is -4.21. The fourth-order valence-corrected chi connectivity index (χ4v) is 1.07. The van der Waals surface area contributed by atoms with Crippen LogP contribution < -0.4 is 0 Å². The molecule has 0 saturated heterocycles. The number of hydrogen-bond acceptors (Lipinski definition) is 1. The van der Waals surface area contributed by atoms with Gasteiger partial charge in [-0.2, -0.15) is 13.2 Å². The molecule has 1 aliphatic carbocycles. The third-order valence-electron chi connectivity index (χ3n) is 1.73. The highest BCUT2D eigenvalue weighted by molar-refractivity contribution is 5.73. The number of carboxylic acid groups (broad SMARTS) is 1. The van der Waals surface area contributed by atoms with Gasteiger partial charge in [0.2, 0.25) is 0 Å². The fraction of sp³-hybridized carbons (Fsp3) is 0.833. The van der Waals surface area contributed by atoms with E-state index in [2.05, 4.69) is 0 Å². The number of rotatable bonds is 2. The van der Waals surface area contributed by atoms with Gasteiger partial charge in [-0.05, 0) is 12.3 Å². The molecule has 0 amide bonds. The van der Waals surface area contributed by atoms with E-state index in [-0.39, 0.29) is 6.42 Å². The average Bonchev–Trinajstić information content (AvgIpc) is 2.40. The average molecular weight is 168 g/mol. The predicted molar refractivity (Wildman–Crippen MR) is 29.9 cm³/mol. The molecule has 64 valence electrons. The Morgan fingerprint density at radius 1 is 1.55 bits per heavy atom. The molecule has 1 aliphatic rings. The molecule has 2 nitrogen and oxygen atoms in total. The first-order valence-electron chi connectivity index (χ1n) is 3.19. The Labute approximate surface area is 61.0 Å². The molecule has 0 bridgehead atoms. The zero-order valence-electron chi connectivity index (χ0n) is 5.56. The van der Waals surface area contributed by atoms with Gasteiger partial charge in [-0.15, -0.1) is 0 Å². The zero-order chi connectivity index (χ0) is 8.65. The van der Waals surface area contributed by atoms with Crippen LogP contribution in [-0.2, 0) is 4.79 Å². The van der Waals surface area contributed by atoms with Gasteiger partial charge in [0.05, 0.1) is 5.92 Å². The van der Waals surface area contributed by atoms with Gasteiger partial charge in [0, 0.05) is 6.42 Å². The second-order valence-corrected chi connectivity index (χ2v) is 2.76. The van der Waals surface area contributed by atoms with Crippen LogP contribution >= 0.6 is 0 Å². The van der Waals surface area contributed by atoms with Crippen molar-refractivity contribution in [3.05, 3.63) is 0 Å². The maximum Gasteiger partial charge on any atom is 0.389 e. The van der Waals surface area contributed by atoms with Crippen LogP contribution in [0.25, 0.3) is 0 Å². The van der Waals surface area contributed by atoms with Gasteiger partial charge >= 0.3 is 12.1 Å². The van der Waals surface area contributed by atoms with Crippen LogP contribution in [0.1, 0.15) is 12.8 Å². The smallest absolute Gasteiger partial charge is 0.389 e. The summed E-state index contributed by atoms with van der Waals surface area (Å²) >= 11 is 0. The van der Waals surface area contributed by atoms with E-state index in [0.29, 0.717) is 0 Å². The topological polar surface area (TPSA) is 37.3 Å². The van der Waals surface area contributed by atoms with Gasteiger partial charge in [-0.25, -0.2) is 0 Å². The van der Waals surface area contributed by atoms with E-state index in [9.17, 15) is 18.0 Å². The van der Waals surface area contributed by atoms with Crippen molar-refractivity contribution in [3.63, 3.8) is 0 Å². The first kappa shape index (κ1) is 8.36. The highest BCUT2D eigenvalue weighted by atomic mass is 19.4. The van der Waals surface area contributed by atoms with Crippen molar-refractivity contribution in [2.24, 2.45) is 11.8 Å². The summed E-state index contributed by atoms with van der Waals surface area (Å²) < 4.78 is 34.8. The second-order valence-electron chi connectivity index (χ2n) is 2.76. The quantitative estimate of drug-likeness (QED) is 0.680. The molecule has 0 radical (unpaired) electrons. The molecule has 5 heteroatoms. The first-order valence-corrected chi connectivity index (χ1v) is 3.19. The number of hydrogen-bond donors (Lipinski definition) is 1. The van der Waals surface area contributed by atoms with Crippen molar-refractivity contribution in [2.45, 2.75) is 19.0 Å². The molecule has 1 rings (SSSR count). The van der Waals surface area contributed by atoms with E-state index in [1.807, 2.05) is 0 Å². The monoisotopic (exact) mass is 168 g/mol. The summed E-state index contributed by atoms with van der Waals surface area (Å²) in [5.41, 5.74) is 0. The van der Waals surface area contributed by atoms with E-state index < -0.39 is 30.4 Å². The maximum absolute atomic E-state index is 11.6. The van der Waals surface area contributed by atoms with Crippen LogP contribution in [0.4, 0.5) is 13.2 Å². The van der Waals surface area contributed by atoms with Crippen molar-refractivity contribution in [1.29, 1.82) is 0 Å². The van der Waals surface area contributed by atoms with Gasteiger partial charge in [0.1, 0.15) is 0 Å². The first-order chi connectivity index (χ1) is 4.90. The lowest BCUT2D eigenvalue weighted by Gasteiger charge is -2.02. The van der Waals surface area contributed by atoms with Gasteiger partial charge in [-0.1, -0.05) is 0 Å². The number of halogens is 3. The largest absolute Gasteiger partial charge is 0.481 e. The van der Waals surface area contributed by atoms with Crippen LogP contribution in [0.2, 0.25) is 0 Å². The van der Waals surface area contributed by atoms with Crippen LogP contribution in [0.15, 0.2) is 0 Å². The Kier molecular flexibility index (Phi) is 1.82. The van der Waals surface area contributed by atoms with Gasteiger partial charge < -0.3 is 5.11 Å². The molecular weight excluding hydrogens is 161 g/mol. The Bertz CT molecular complexity index is 175. The molecule has 0 aliphatic heterocycles. The normalized spacial score (nSPS) is 30.1. The van der Waals surface area contributed by atoms with Gasteiger partial charge in [0.15, 0.2) is 0 Å². The van der Waals surface area contributed by atoms with Crippen molar-refractivity contribution >= 4 is 5.97 Å². The Balaban J connectivity index is 2.29. The number of aliphatic carboxylic acids is 1. The molecule has 0 aromatic carbocycles. The molecule has 0 aromatic heterocycles. The zero-order valence-corrected chi connectivity index (χ0v) is 5.56. The number of alkyl halides is 3.